The van der Waals surface area contributed by atoms with Crippen molar-refractivity contribution in [3.63, 3.8) is 0 Å². The Morgan fingerprint density at radius 1 is 1.23 bits per heavy atom. The summed E-state index contributed by atoms with van der Waals surface area (Å²) in [7, 11) is 0. The molecule has 0 aliphatic rings. The van der Waals surface area contributed by atoms with Crippen LogP contribution in [0.15, 0.2) is 30.3 Å². The number of hydrogen-bond acceptors (Lipinski definition) is 4. The fourth-order valence-corrected chi connectivity index (χ4v) is 2.63. The molecule has 0 amide bonds. The molecule has 0 saturated heterocycles. The van der Waals surface area contributed by atoms with Gasteiger partial charge in [-0.1, -0.05) is 30.3 Å². The van der Waals surface area contributed by atoms with Gasteiger partial charge in [0.15, 0.2) is 0 Å². The Kier molecular flexibility index (Phi) is 5.34. The van der Waals surface area contributed by atoms with Crippen LogP contribution in [0.1, 0.15) is 29.4 Å². The molecule has 1 aromatic carbocycles. The van der Waals surface area contributed by atoms with Gasteiger partial charge in [-0.15, -0.1) is 0 Å². The average molecular weight is 303 g/mol. The molecule has 1 heterocycles. The minimum atomic E-state index is -0.913. The molecule has 2 rings (SSSR count). The van der Waals surface area contributed by atoms with Crippen molar-refractivity contribution in [2.75, 3.05) is 13.2 Å². The van der Waals surface area contributed by atoms with E-state index in [1.165, 1.54) is 0 Å². The zero-order chi connectivity index (χ0) is 16.2. The monoisotopic (exact) mass is 303 g/mol. The maximum absolute atomic E-state index is 10.6. The summed E-state index contributed by atoms with van der Waals surface area (Å²) in [6.07, 6.45) is 0. The Bertz CT molecular complexity index is 606. The van der Waals surface area contributed by atoms with Crippen LogP contribution in [0, 0.1) is 13.8 Å². The van der Waals surface area contributed by atoms with E-state index in [4.69, 9.17) is 5.11 Å². The molecule has 5 heteroatoms. The van der Waals surface area contributed by atoms with Gasteiger partial charge in [0.2, 0.25) is 0 Å². The van der Waals surface area contributed by atoms with E-state index in [1.807, 2.05) is 55.8 Å². The van der Waals surface area contributed by atoms with Gasteiger partial charge in [0.1, 0.15) is 0 Å². The van der Waals surface area contributed by atoms with E-state index < -0.39 is 5.60 Å². The second-order valence-corrected chi connectivity index (χ2v) is 5.84. The van der Waals surface area contributed by atoms with Crippen molar-refractivity contribution in [2.24, 2.45) is 0 Å². The van der Waals surface area contributed by atoms with Crippen LogP contribution in [0.4, 0.5) is 0 Å². The second kappa shape index (κ2) is 7.05. The SMILES string of the molecule is Cc1nn(CCO)c(C)c1CNCC(C)(O)c1ccccc1. The van der Waals surface area contributed by atoms with Gasteiger partial charge in [-0.3, -0.25) is 4.68 Å². The predicted molar refractivity (Wildman–Crippen MR) is 86.5 cm³/mol. The third-order valence-electron chi connectivity index (χ3n) is 4.01. The summed E-state index contributed by atoms with van der Waals surface area (Å²) in [6, 6.07) is 9.65. The summed E-state index contributed by atoms with van der Waals surface area (Å²) in [5, 5.41) is 27.4. The van der Waals surface area contributed by atoms with Gasteiger partial charge >= 0.3 is 0 Å². The molecule has 0 radical (unpaired) electrons. The minimum absolute atomic E-state index is 0.0809. The van der Waals surface area contributed by atoms with Crippen LogP contribution in [0.3, 0.4) is 0 Å². The topological polar surface area (TPSA) is 70.3 Å². The standard InChI is InChI=1S/C17H25N3O2/c1-13-16(14(2)20(19-13)9-10-21)11-18-12-17(3,22)15-7-5-4-6-8-15/h4-8,18,21-22H,9-12H2,1-3H3. The number of nitrogens with one attached hydrogen (secondary N) is 1. The summed E-state index contributed by atoms with van der Waals surface area (Å²) in [5.74, 6) is 0. The first kappa shape index (κ1) is 16.7. The molecule has 0 saturated carbocycles. The van der Waals surface area contributed by atoms with E-state index in [9.17, 15) is 5.11 Å². The summed E-state index contributed by atoms with van der Waals surface area (Å²) in [6.45, 7) is 7.47. The molecule has 0 aliphatic heterocycles. The molecular weight excluding hydrogens is 278 g/mol. The van der Waals surface area contributed by atoms with Crippen LogP contribution < -0.4 is 5.32 Å². The van der Waals surface area contributed by atoms with Gasteiger partial charge < -0.3 is 15.5 Å². The Labute approximate surface area is 131 Å². The third-order valence-corrected chi connectivity index (χ3v) is 4.01. The highest BCUT2D eigenvalue weighted by molar-refractivity contribution is 5.25. The molecule has 5 nitrogen and oxygen atoms in total. The van der Waals surface area contributed by atoms with Crippen LogP contribution in [-0.4, -0.2) is 33.1 Å². The predicted octanol–water partition coefficient (Wildman–Crippen LogP) is 1.49. The van der Waals surface area contributed by atoms with Crippen LogP contribution in [0.5, 0.6) is 0 Å². The van der Waals surface area contributed by atoms with Crippen molar-refractivity contribution in [1.29, 1.82) is 0 Å². The number of hydrogen-bond donors (Lipinski definition) is 3. The molecule has 0 spiro atoms. The first-order valence-corrected chi connectivity index (χ1v) is 7.58. The maximum Gasteiger partial charge on any atom is 0.0992 e. The molecule has 0 bridgehead atoms. The van der Waals surface area contributed by atoms with Gasteiger partial charge in [0, 0.05) is 24.3 Å². The molecule has 120 valence electrons. The van der Waals surface area contributed by atoms with Crippen molar-refractivity contribution in [1.82, 2.24) is 15.1 Å². The Balaban J connectivity index is 1.99. The highest BCUT2D eigenvalue weighted by Crippen LogP contribution is 2.19. The van der Waals surface area contributed by atoms with E-state index in [0.717, 1.165) is 22.5 Å². The lowest BCUT2D eigenvalue weighted by molar-refractivity contribution is 0.0566. The summed E-state index contributed by atoms with van der Waals surface area (Å²) in [5.41, 5.74) is 3.12. The van der Waals surface area contributed by atoms with E-state index in [-0.39, 0.29) is 6.61 Å². The molecular formula is C17H25N3O2. The van der Waals surface area contributed by atoms with E-state index in [1.54, 1.807) is 0 Å². The molecule has 1 unspecified atom stereocenters. The zero-order valence-corrected chi connectivity index (χ0v) is 13.5. The molecule has 0 aliphatic carbocycles. The highest BCUT2D eigenvalue weighted by Gasteiger charge is 2.22. The van der Waals surface area contributed by atoms with Crippen molar-refractivity contribution in [3.8, 4) is 0 Å². The smallest absolute Gasteiger partial charge is 0.0992 e. The van der Waals surface area contributed by atoms with Crippen molar-refractivity contribution in [3.05, 3.63) is 52.8 Å². The fraction of sp³-hybridized carbons (Fsp3) is 0.471. The summed E-state index contributed by atoms with van der Waals surface area (Å²) in [4.78, 5) is 0. The molecule has 1 aromatic heterocycles. The van der Waals surface area contributed by atoms with Crippen molar-refractivity contribution < 1.29 is 10.2 Å². The lowest BCUT2D eigenvalue weighted by atomic mass is 9.96. The zero-order valence-electron chi connectivity index (χ0n) is 13.5. The third kappa shape index (κ3) is 3.74. The summed E-state index contributed by atoms with van der Waals surface area (Å²) >= 11 is 0. The van der Waals surface area contributed by atoms with Crippen LogP contribution >= 0.6 is 0 Å². The van der Waals surface area contributed by atoms with Crippen molar-refractivity contribution >= 4 is 0 Å². The van der Waals surface area contributed by atoms with Crippen LogP contribution in [0.25, 0.3) is 0 Å². The van der Waals surface area contributed by atoms with E-state index in [0.29, 0.717) is 19.6 Å². The van der Waals surface area contributed by atoms with Crippen LogP contribution in [0.2, 0.25) is 0 Å². The lowest BCUT2D eigenvalue weighted by Gasteiger charge is -2.24. The molecule has 0 fully saturated rings. The average Bonchev–Trinajstić information content (AvgIpc) is 2.76. The van der Waals surface area contributed by atoms with E-state index >= 15 is 0 Å². The first-order valence-electron chi connectivity index (χ1n) is 7.58. The van der Waals surface area contributed by atoms with E-state index in [2.05, 4.69) is 10.4 Å². The fourth-order valence-electron chi connectivity index (χ4n) is 2.63. The first-order chi connectivity index (χ1) is 10.5. The molecule has 2 aromatic rings. The van der Waals surface area contributed by atoms with Gasteiger partial charge in [-0.05, 0) is 26.3 Å². The molecule has 22 heavy (non-hydrogen) atoms. The van der Waals surface area contributed by atoms with Gasteiger partial charge in [-0.25, -0.2) is 0 Å². The quantitative estimate of drug-likeness (QED) is 0.725. The number of nitrogens with zero attached hydrogens (tertiary/aromatic N) is 2. The Morgan fingerprint density at radius 2 is 1.91 bits per heavy atom. The van der Waals surface area contributed by atoms with Crippen LogP contribution in [-0.2, 0) is 18.7 Å². The largest absolute Gasteiger partial charge is 0.394 e. The Hall–Kier alpha value is -1.69. The minimum Gasteiger partial charge on any atom is -0.394 e. The molecule has 3 N–H and O–H groups in total. The number of aryl methyl sites for hydroxylation is 1. The normalized spacial score (nSPS) is 14.0. The van der Waals surface area contributed by atoms with Crippen molar-refractivity contribution in [2.45, 2.75) is 39.5 Å². The Morgan fingerprint density at radius 3 is 2.55 bits per heavy atom. The molecule has 1 atom stereocenters. The number of aliphatic hydroxyl groups excluding tert-OH is 1. The lowest BCUT2D eigenvalue weighted by Crippen LogP contribution is -2.35. The number of benzene rings is 1. The number of rotatable bonds is 7. The highest BCUT2D eigenvalue weighted by atomic mass is 16.3. The summed E-state index contributed by atoms with van der Waals surface area (Å²) < 4.78 is 1.82. The number of aliphatic hydroxyl groups is 2. The second-order valence-electron chi connectivity index (χ2n) is 5.84. The number of aromatic nitrogens is 2. The van der Waals surface area contributed by atoms with Gasteiger partial charge in [0.05, 0.1) is 24.4 Å². The van der Waals surface area contributed by atoms with Gasteiger partial charge in [0.25, 0.3) is 0 Å². The van der Waals surface area contributed by atoms with Gasteiger partial charge in [-0.2, -0.15) is 5.10 Å². The maximum atomic E-state index is 10.6.